The van der Waals surface area contributed by atoms with Gasteiger partial charge < -0.3 is 10.2 Å². The Kier molecular flexibility index (Phi) is 7.30. The van der Waals surface area contributed by atoms with Crippen molar-refractivity contribution < 1.29 is 18.1 Å². The highest BCUT2D eigenvalue weighted by atomic mass is 35.5. The standard InChI is InChI=1S/C24H18ClF3N6O2/c25-19-11-18(24(26,27)28)12-29-21(19)32-22-20(34(35)36)23(31-15-30-22)33(13-16-7-3-1-4-8-16)14-17-9-5-2-6-10-17/h1-12,15H,13-14H2,(H,29,30,31,32). The zero-order valence-electron chi connectivity index (χ0n) is 18.5. The topological polar surface area (TPSA) is 97.1 Å². The number of pyridine rings is 1. The molecule has 2 heterocycles. The molecule has 0 aliphatic heterocycles. The van der Waals surface area contributed by atoms with Crippen molar-refractivity contribution in [3.8, 4) is 0 Å². The number of hydrogen-bond acceptors (Lipinski definition) is 7. The van der Waals surface area contributed by atoms with Crippen LogP contribution < -0.4 is 10.2 Å². The van der Waals surface area contributed by atoms with Crippen molar-refractivity contribution in [1.29, 1.82) is 0 Å². The van der Waals surface area contributed by atoms with Gasteiger partial charge in [-0.3, -0.25) is 10.1 Å². The van der Waals surface area contributed by atoms with E-state index >= 15 is 0 Å². The lowest BCUT2D eigenvalue weighted by Crippen LogP contribution is -2.24. The van der Waals surface area contributed by atoms with Crippen LogP contribution in [0.25, 0.3) is 0 Å². The fraction of sp³-hybridized carbons (Fsp3) is 0.125. The molecule has 0 unspecified atom stereocenters. The Morgan fingerprint density at radius 2 is 1.50 bits per heavy atom. The minimum Gasteiger partial charge on any atom is -0.342 e. The fourth-order valence-electron chi connectivity index (χ4n) is 3.47. The van der Waals surface area contributed by atoms with E-state index in [0.29, 0.717) is 25.4 Å². The van der Waals surface area contributed by atoms with Crippen LogP contribution in [0.4, 0.5) is 36.3 Å². The van der Waals surface area contributed by atoms with Crippen LogP contribution in [0.2, 0.25) is 5.02 Å². The molecule has 0 saturated heterocycles. The summed E-state index contributed by atoms with van der Waals surface area (Å²) in [6, 6.07) is 19.4. The van der Waals surface area contributed by atoms with Crippen LogP contribution in [-0.4, -0.2) is 19.9 Å². The van der Waals surface area contributed by atoms with Crippen LogP contribution in [0.15, 0.2) is 79.3 Å². The molecular formula is C24H18ClF3N6O2. The maximum Gasteiger partial charge on any atom is 0.417 e. The van der Waals surface area contributed by atoms with E-state index in [9.17, 15) is 23.3 Å². The van der Waals surface area contributed by atoms with Crippen molar-refractivity contribution in [3.63, 3.8) is 0 Å². The Hall–Kier alpha value is -4.25. The third-order valence-electron chi connectivity index (χ3n) is 5.12. The summed E-state index contributed by atoms with van der Waals surface area (Å²) >= 11 is 5.99. The molecule has 12 heteroatoms. The summed E-state index contributed by atoms with van der Waals surface area (Å²) < 4.78 is 38.9. The zero-order valence-corrected chi connectivity index (χ0v) is 19.2. The van der Waals surface area contributed by atoms with E-state index in [1.54, 1.807) is 4.90 Å². The van der Waals surface area contributed by atoms with E-state index in [1.807, 2.05) is 60.7 Å². The SMILES string of the molecule is O=[N+]([O-])c1c(Nc2ncc(C(F)(F)F)cc2Cl)ncnc1N(Cc1ccccc1)Cc1ccccc1. The number of nitrogens with zero attached hydrogens (tertiary/aromatic N) is 5. The van der Waals surface area contributed by atoms with Gasteiger partial charge in [-0.2, -0.15) is 13.2 Å². The molecule has 0 aliphatic rings. The van der Waals surface area contributed by atoms with Gasteiger partial charge in [-0.25, -0.2) is 15.0 Å². The van der Waals surface area contributed by atoms with Gasteiger partial charge in [0.05, 0.1) is 15.5 Å². The fourth-order valence-corrected chi connectivity index (χ4v) is 3.68. The van der Waals surface area contributed by atoms with Crippen LogP contribution >= 0.6 is 11.6 Å². The van der Waals surface area contributed by atoms with Crippen LogP contribution in [-0.2, 0) is 19.3 Å². The molecule has 0 radical (unpaired) electrons. The summed E-state index contributed by atoms with van der Waals surface area (Å²) in [4.78, 5) is 25.1. The Bertz CT molecular complexity index is 1320. The number of hydrogen-bond donors (Lipinski definition) is 1. The van der Waals surface area contributed by atoms with Crippen molar-refractivity contribution in [2.24, 2.45) is 0 Å². The minimum absolute atomic E-state index is 0.0215. The van der Waals surface area contributed by atoms with Crippen molar-refractivity contribution in [2.75, 3.05) is 10.2 Å². The normalized spacial score (nSPS) is 11.2. The van der Waals surface area contributed by atoms with Crippen molar-refractivity contribution >= 4 is 34.7 Å². The lowest BCUT2D eigenvalue weighted by Gasteiger charge is -2.24. The van der Waals surface area contributed by atoms with Crippen LogP contribution in [0.3, 0.4) is 0 Å². The van der Waals surface area contributed by atoms with Gasteiger partial charge in [0.2, 0.25) is 11.6 Å². The Balaban J connectivity index is 1.74. The van der Waals surface area contributed by atoms with Gasteiger partial charge in [-0.05, 0) is 17.2 Å². The average molecular weight is 515 g/mol. The molecule has 184 valence electrons. The Morgan fingerprint density at radius 3 is 2.00 bits per heavy atom. The molecule has 4 rings (SSSR count). The third kappa shape index (κ3) is 5.87. The van der Waals surface area contributed by atoms with E-state index in [-0.39, 0.29) is 22.5 Å². The first-order valence-corrected chi connectivity index (χ1v) is 10.9. The second-order valence-corrected chi connectivity index (χ2v) is 8.06. The lowest BCUT2D eigenvalue weighted by atomic mass is 10.1. The predicted octanol–water partition coefficient (Wildman–Crippen LogP) is 6.40. The van der Waals surface area contributed by atoms with Gasteiger partial charge >= 0.3 is 11.9 Å². The molecule has 0 fully saturated rings. The van der Waals surface area contributed by atoms with Crippen LogP contribution in [0.5, 0.6) is 0 Å². The second-order valence-electron chi connectivity index (χ2n) is 7.66. The average Bonchev–Trinajstić information content (AvgIpc) is 2.85. The van der Waals surface area contributed by atoms with Gasteiger partial charge in [0.1, 0.15) is 6.33 Å². The molecule has 36 heavy (non-hydrogen) atoms. The van der Waals surface area contributed by atoms with E-state index in [0.717, 1.165) is 17.5 Å². The Labute approximate surface area is 208 Å². The maximum atomic E-state index is 13.0. The molecule has 0 saturated carbocycles. The molecular weight excluding hydrogens is 497 g/mol. The first-order chi connectivity index (χ1) is 17.2. The quantitative estimate of drug-likeness (QED) is 0.214. The van der Waals surface area contributed by atoms with E-state index in [4.69, 9.17) is 11.6 Å². The minimum atomic E-state index is -4.64. The maximum absolute atomic E-state index is 13.0. The summed E-state index contributed by atoms with van der Waals surface area (Å²) in [5, 5.41) is 14.4. The molecule has 1 N–H and O–H groups in total. The highest BCUT2D eigenvalue weighted by Crippen LogP contribution is 2.37. The number of alkyl halides is 3. The number of rotatable bonds is 8. The first-order valence-electron chi connectivity index (χ1n) is 10.5. The van der Waals surface area contributed by atoms with E-state index in [1.165, 1.54) is 0 Å². The molecule has 0 spiro atoms. The summed E-state index contributed by atoms with van der Waals surface area (Å²) in [7, 11) is 0. The van der Waals surface area contributed by atoms with E-state index in [2.05, 4.69) is 20.3 Å². The number of benzene rings is 2. The monoisotopic (exact) mass is 514 g/mol. The molecule has 2 aromatic heterocycles. The molecule has 2 aromatic carbocycles. The smallest absolute Gasteiger partial charge is 0.342 e. The first kappa shape index (κ1) is 24.9. The highest BCUT2D eigenvalue weighted by molar-refractivity contribution is 6.33. The zero-order chi connectivity index (χ0) is 25.7. The van der Waals surface area contributed by atoms with Gasteiger partial charge in [-0.15, -0.1) is 0 Å². The second kappa shape index (κ2) is 10.6. The molecule has 0 bridgehead atoms. The largest absolute Gasteiger partial charge is 0.417 e. The predicted molar refractivity (Wildman–Crippen MR) is 129 cm³/mol. The molecule has 0 aliphatic carbocycles. The van der Waals surface area contributed by atoms with Crippen molar-refractivity contribution in [2.45, 2.75) is 19.3 Å². The summed E-state index contributed by atoms with van der Waals surface area (Å²) in [6.07, 6.45) is -2.93. The number of nitrogens with one attached hydrogen (secondary N) is 1. The van der Waals surface area contributed by atoms with Gasteiger partial charge in [0, 0.05) is 19.3 Å². The Morgan fingerprint density at radius 1 is 0.917 bits per heavy atom. The molecule has 0 atom stereocenters. The number of aromatic nitrogens is 3. The van der Waals surface area contributed by atoms with E-state index < -0.39 is 22.4 Å². The molecule has 4 aromatic rings. The van der Waals surface area contributed by atoms with Gasteiger partial charge in [-0.1, -0.05) is 72.3 Å². The summed E-state index contributed by atoms with van der Waals surface area (Å²) in [5.74, 6) is -0.450. The number of nitro groups is 1. The summed E-state index contributed by atoms with van der Waals surface area (Å²) in [5.41, 5.74) is 0.265. The third-order valence-corrected chi connectivity index (χ3v) is 5.41. The highest BCUT2D eigenvalue weighted by Gasteiger charge is 2.32. The van der Waals surface area contributed by atoms with Crippen LogP contribution in [0.1, 0.15) is 16.7 Å². The van der Waals surface area contributed by atoms with Gasteiger partial charge in [0.25, 0.3) is 0 Å². The molecule has 0 amide bonds. The van der Waals surface area contributed by atoms with Crippen LogP contribution in [0, 0.1) is 10.1 Å². The van der Waals surface area contributed by atoms with Gasteiger partial charge in [0.15, 0.2) is 5.82 Å². The lowest BCUT2D eigenvalue weighted by molar-refractivity contribution is -0.383. The van der Waals surface area contributed by atoms with Crippen molar-refractivity contribution in [3.05, 3.63) is 111 Å². The number of halogens is 4. The molecule has 8 nitrogen and oxygen atoms in total. The number of anilines is 3. The summed E-state index contributed by atoms with van der Waals surface area (Å²) in [6.45, 7) is 0.596. The van der Waals surface area contributed by atoms with Crippen molar-refractivity contribution in [1.82, 2.24) is 15.0 Å².